The second-order valence-corrected chi connectivity index (χ2v) is 5.29. The lowest BCUT2D eigenvalue weighted by atomic mass is 10.2. The third-order valence-electron chi connectivity index (χ3n) is 2.28. The third kappa shape index (κ3) is 3.15. The maximum Gasteiger partial charge on any atom is 0.240 e. The third-order valence-corrected chi connectivity index (χ3v) is 3.70. The number of hydrogen-bond acceptors (Lipinski definition) is 2. The molecule has 0 heterocycles. The van der Waals surface area contributed by atoms with Crippen LogP contribution in [0.25, 0.3) is 0 Å². The molecule has 0 spiro atoms. The molecule has 0 saturated heterocycles. The van der Waals surface area contributed by atoms with E-state index >= 15 is 0 Å². The highest BCUT2D eigenvalue weighted by Crippen LogP contribution is 2.08. The highest BCUT2D eigenvalue weighted by Gasteiger charge is 2.12. The molecule has 0 unspecified atom stereocenters. The normalized spacial score (nSPS) is 11.3. The Kier molecular flexibility index (Phi) is 3.56. The fraction of sp³-hybridized carbons (Fsp3) is 0.0769. The molecule has 1 radical (unpaired) electrons. The Morgan fingerprint density at radius 2 is 1.71 bits per heavy atom. The SMILES string of the molecule is O=S(=O)(NCc1[c]cccc1)c1ccccc1. The highest BCUT2D eigenvalue weighted by molar-refractivity contribution is 7.89. The molecule has 4 heteroatoms. The van der Waals surface area contributed by atoms with E-state index in [1.165, 1.54) is 0 Å². The number of rotatable bonds is 4. The molecule has 0 saturated carbocycles. The van der Waals surface area contributed by atoms with Crippen molar-refractivity contribution >= 4 is 10.0 Å². The van der Waals surface area contributed by atoms with Crippen LogP contribution in [-0.2, 0) is 16.6 Å². The van der Waals surface area contributed by atoms with Crippen molar-refractivity contribution in [3.63, 3.8) is 0 Å². The lowest BCUT2D eigenvalue weighted by Crippen LogP contribution is -2.23. The summed E-state index contributed by atoms with van der Waals surface area (Å²) < 4.78 is 26.3. The zero-order valence-corrected chi connectivity index (χ0v) is 9.94. The van der Waals surface area contributed by atoms with Crippen molar-refractivity contribution in [3.8, 4) is 0 Å². The first-order valence-corrected chi connectivity index (χ1v) is 6.67. The lowest BCUT2D eigenvalue weighted by Gasteiger charge is -2.06. The molecule has 3 nitrogen and oxygen atoms in total. The molecule has 0 atom stereocenters. The van der Waals surface area contributed by atoms with Crippen LogP contribution in [0.3, 0.4) is 0 Å². The first kappa shape index (κ1) is 11.8. The monoisotopic (exact) mass is 246 g/mol. The van der Waals surface area contributed by atoms with Crippen LogP contribution in [0.1, 0.15) is 5.56 Å². The molecular weight excluding hydrogens is 234 g/mol. The van der Waals surface area contributed by atoms with Gasteiger partial charge in [-0.2, -0.15) is 0 Å². The summed E-state index contributed by atoms with van der Waals surface area (Å²) in [6.45, 7) is 0.248. The molecule has 1 N–H and O–H groups in total. The van der Waals surface area contributed by atoms with E-state index in [0.29, 0.717) is 0 Å². The van der Waals surface area contributed by atoms with Gasteiger partial charge in [0.15, 0.2) is 0 Å². The van der Waals surface area contributed by atoms with E-state index in [4.69, 9.17) is 0 Å². The standard InChI is InChI=1S/C13H12NO2S/c15-17(16,13-9-5-2-6-10-13)14-11-12-7-3-1-4-8-12/h1-7,9-10,14H,11H2. The maximum absolute atomic E-state index is 11.9. The molecular formula is C13H12NO2S. The summed E-state index contributed by atoms with van der Waals surface area (Å²) in [7, 11) is -3.43. The van der Waals surface area contributed by atoms with E-state index in [-0.39, 0.29) is 11.4 Å². The van der Waals surface area contributed by atoms with Crippen molar-refractivity contribution in [1.82, 2.24) is 4.72 Å². The van der Waals surface area contributed by atoms with Gasteiger partial charge in [0, 0.05) is 6.54 Å². The molecule has 87 valence electrons. The summed E-state index contributed by atoms with van der Waals surface area (Å²) in [6.07, 6.45) is 0. The molecule has 17 heavy (non-hydrogen) atoms. The second-order valence-electron chi connectivity index (χ2n) is 3.53. The minimum atomic E-state index is -3.43. The van der Waals surface area contributed by atoms with Crippen molar-refractivity contribution in [2.45, 2.75) is 11.4 Å². The highest BCUT2D eigenvalue weighted by atomic mass is 32.2. The first-order chi connectivity index (χ1) is 8.18. The summed E-state index contributed by atoms with van der Waals surface area (Å²) in [5.41, 5.74) is 0.812. The molecule has 2 aromatic carbocycles. The van der Waals surface area contributed by atoms with Gasteiger partial charge >= 0.3 is 0 Å². The van der Waals surface area contributed by atoms with Gasteiger partial charge in [-0.05, 0) is 23.8 Å². The minimum Gasteiger partial charge on any atom is -0.207 e. The summed E-state index contributed by atoms with van der Waals surface area (Å²) >= 11 is 0. The smallest absolute Gasteiger partial charge is 0.207 e. The molecule has 0 aromatic heterocycles. The van der Waals surface area contributed by atoms with Crippen LogP contribution in [-0.4, -0.2) is 8.42 Å². The van der Waals surface area contributed by atoms with Crippen LogP contribution in [0.15, 0.2) is 59.5 Å². The van der Waals surface area contributed by atoms with Crippen molar-refractivity contribution in [2.24, 2.45) is 0 Å². The molecule has 0 bridgehead atoms. The Bertz CT molecular complexity index is 565. The van der Waals surface area contributed by atoms with Gasteiger partial charge in [0.05, 0.1) is 4.90 Å². The predicted octanol–water partition coefficient (Wildman–Crippen LogP) is 1.97. The van der Waals surface area contributed by atoms with Crippen molar-refractivity contribution in [1.29, 1.82) is 0 Å². The topological polar surface area (TPSA) is 46.2 Å². The first-order valence-electron chi connectivity index (χ1n) is 5.19. The van der Waals surface area contributed by atoms with E-state index in [9.17, 15) is 8.42 Å². The van der Waals surface area contributed by atoms with E-state index in [0.717, 1.165) is 5.56 Å². The Morgan fingerprint density at radius 3 is 2.35 bits per heavy atom. The largest absolute Gasteiger partial charge is 0.240 e. The zero-order valence-electron chi connectivity index (χ0n) is 9.13. The van der Waals surface area contributed by atoms with Crippen LogP contribution < -0.4 is 4.72 Å². The average molecular weight is 246 g/mol. The number of benzene rings is 2. The van der Waals surface area contributed by atoms with Gasteiger partial charge in [-0.25, -0.2) is 13.1 Å². The van der Waals surface area contributed by atoms with Gasteiger partial charge in [0.25, 0.3) is 0 Å². The van der Waals surface area contributed by atoms with E-state index in [1.54, 1.807) is 36.4 Å². The molecule has 0 aliphatic rings. The van der Waals surface area contributed by atoms with Gasteiger partial charge in [-0.1, -0.05) is 42.5 Å². The fourth-order valence-corrected chi connectivity index (χ4v) is 2.42. The Morgan fingerprint density at radius 1 is 1.00 bits per heavy atom. The van der Waals surface area contributed by atoms with Gasteiger partial charge in [-0.15, -0.1) is 0 Å². The Balaban J connectivity index is 2.09. The Hall–Kier alpha value is -1.65. The van der Waals surface area contributed by atoms with Gasteiger partial charge in [0.2, 0.25) is 10.0 Å². The van der Waals surface area contributed by atoms with Crippen molar-refractivity contribution < 1.29 is 8.42 Å². The summed E-state index contributed by atoms with van der Waals surface area (Å²) in [5.74, 6) is 0. The quantitative estimate of drug-likeness (QED) is 0.896. The van der Waals surface area contributed by atoms with Gasteiger partial charge < -0.3 is 0 Å². The van der Waals surface area contributed by atoms with E-state index in [1.807, 2.05) is 18.2 Å². The van der Waals surface area contributed by atoms with Crippen molar-refractivity contribution in [2.75, 3.05) is 0 Å². The van der Waals surface area contributed by atoms with E-state index < -0.39 is 10.0 Å². The van der Waals surface area contributed by atoms with Crippen LogP contribution >= 0.6 is 0 Å². The maximum atomic E-state index is 11.9. The van der Waals surface area contributed by atoms with Gasteiger partial charge in [-0.3, -0.25) is 0 Å². The number of hydrogen-bond donors (Lipinski definition) is 1. The summed E-state index contributed by atoms with van der Waals surface area (Å²) in [4.78, 5) is 0.274. The number of sulfonamides is 1. The van der Waals surface area contributed by atoms with Crippen LogP contribution in [0.2, 0.25) is 0 Å². The molecule has 0 aliphatic heterocycles. The van der Waals surface area contributed by atoms with E-state index in [2.05, 4.69) is 10.8 Å². The molecule has 0 fully saturated rings. The zero-order chi connectivity index (χ0) is 12.1. The summed E-state index contributed by atoms with van der Waals surface area (Å²) in [6, 6.07) is 18.6. The molecule has 0 amide bonds. The van der Waals surface area contributed by atoms with Crippen LogP contribution in [0, 0.1) is 6.07 Å². The van der Waals surface area contributed by atoms with Crippen LogP contribution in [0.4, 0.5) is 0 Å². The number of nitrogens with one attached hydrogen (secondary N) is 1. The second kappa shape index (κ2) is 5.12. The van der Waals surface area contributed by atoms with Crippen LogP contribution in [0.5, 0.6) is 0 Å². The average Bonchev–Trinajstić information content (AvgIpc) is 2.39. The Labute approximate surface area is 101 Å². The predicted molar refractivity (Wildman–Crippen MR) is 65.7 cm³/mol. The summed E-state index contributed by atoms with van der Waals surface area (Å²) in [5, 5.41) is 0. The molecule has 0 aliphatic carbocycles. The lowest BCUT2D eigenvalue weighted by molar-refractivity contribution is 0.581. The van der Waals surface area contributed by atoms with Gasteiger partial charge in [0.1, 0.15) is 0 Å². The van der Waals surface area contributed by atoms with Crippen molar-refractivity contribution in [3.05, 3.63) is 66.2 Å². The molecule has 2 aromatic rings. The minimum absolute atomic E-state index is 0.248. The molecule has 2 rings (SSSR count). The fourth-order valence-electron chi connectivity index (χ4n) is 1.40.